The molecule has 5 heteroatoms. The topological polar surface area (TPSA) is 54.9 Å². The van der Waals surface area contributed by atoms with E-state index in [0.29, 0.717) is 0 Å². The number of hydrogen-bond acceptors (Lipinski definition) is 4. The van der Waals surface area contributed by atoms with Crippen molar-refractivity contribution in [2.24, 2.45) is 0 Å². The van der Waals surface area contributed by atoms with Crippen molar-refractivity contribution < 1.29 is 4.79 Å². The van der Waals surface area contributed by atoms with E-state index in [-0.39, 0.29) is 18.4 Å². The van der Waals surface area contributed by atoms with Gasteiger partial charge in [-0.1, -0.05) is 60.7 Å². The number of rotatable bonds is 6. The Morgan fingerprint density at radius 1 is 0.966 bits per heavy atom. The summed E-state index contributed by atoms with van der Waals surface area (Å²) in [6, 6.07) is 24.2. The van der Waals surface area contributed by atoms with Gasteiger partial charge in [0.1, 0.15) is 5.01 Å². The number of thiazole rings is 1. The Kier molecular flexibility index (Phi) is 5.77. The number of nitrogens with zero attached hydrogens (tertiary/aromatic N) is 2. The van der Waals surface area contributed by atoms with Crippen LogP contribution in [0.3, 0.4) is 0 Å². The quantitative estimate of drug-likeness (QED) is 0.479. The number of carbonyl (C=O) groups excluding carboxylic acids is 1. The fourth-order valence-corrected chi connectivity index (χ4v) is 3.93. The summed E-state index contributed by atoms with van der Waals surface area (Å²) in [6.07, 6.45) is 2.00. The Morgan fingerprint density at radius 3 is 2.41 bits per heavy atom. The second-order valence-electron chi connectivity index (χ2n) is 6.81. The van der Waals surface area contributed by atoms with Crippen LogP contribution < -0.4 is 5.32 Å². The molecule has 0 saturated carbocycles. The van der Waals surface area contributed by atoms with Crippen molar-refractivity contribution in [3.8, 4) is 21.8 Å². The first-order chi connectivity index (χ1) is 14.2. The summed E-state index contributed by atoms with van der Waals surface area (Å²) < 4.78 is 0. The normalized spacial score (nSPS) is 11.8. The Balaban J connectivity index is 1.37. The van der Waals surface area contributed by atoms with E-state index in [1.807, 2.05) is 48.7 Å². The summed E-state index contributed by atoms with van der Waals surface area (Å²) in [4.78, 5) is 21.3. The third-order valence-corrected chi connectivity index (χ3v) is 5.59. The molecule has 144 valence electrons. The van der Waals surface area contributed by atoms with Gasteiger partial charge in [0.05, 0.1) is 23.9 Å². The SMILES string of the molecule is C[C@H](NC(=O)Cc1csc(-c2ccccn2)n1)c1ccc(-c2ccccc2)cc1. The number of amides is 1. The van der Waals surface area contributed by atoms with Crippen LogP contribution in [-0.4, -0.2) is 15.9 Å². The third-order valence-electron chi connectivity index (χ3n) is 4.67. The van der Waals surface area contributed by atoms with E-state index in [1.54, 1.807) is 6.20 Å². The van der Waals surface area contributed by atoms with E-state index in [2.05, 4.69) is 51.7 Å². The molecule has 2 aromatic carbocycles. The van der Waals surface area contributed by atoms with Gasteiger partial charge in [0.15, 0.2) is 0 Å². The zero-order valence-electron chi connectivity index (χ0n) is 16.1. The lowest BCUT2D eigenvalue weighted by atomic mass is 10.0. The summed E-state index contributed by atoms with van der Waals surface area (Å²) in [7, 11) is 0. The van der Waals surface area contributed by atoms with Crippen LogP contribution in [0, 0.1) is 0 Å². The van der Waals surface area contributed by atoms with Crippen molar-refractivity contribution >= 4 is 17.2 Å². The van der Waals surface area contributed by atoms with Gasteiger partial charge in [0.2, 0.25) is 5.91 Å². The van der Waals surface area contributed by atoms with E-state index in [1.165, 1.54) is 16.9 Å². The van der Waals surface area contributed by atoms with Crippen molar-refractivity contribution in [1.82, 2.24) is 15.3 Å². The molecule has 0 unspecified atom stereocenters. The van der Waals surface area contributed by atoms with Gasteiger partial charge in [0.25, 0.3) is 0 Å². The van der Waals surface area contributed by atoms with Crippen molar-refractivity contribution in [2.45, 2.75) is 19.4 Å². The molecule has 0 fully saturated rings. The number of nitrogens with one attached hydrogen (secondary N) is 1. The molecule has 0 bridgehead atoms. The lowest BCUT2D eigenvalue weighted by molar-refractivity contribution is -0.121. The van der Waals surface area contributed by atoms with E-state index in [9.17, 15) is 4.79 Å². The molecule has 0 spiro atoms. The fraction of sp³-hybridized carbons (Fsp3) is 0.125. The molecule has 0 aliphatic rings. The van der Waals surface area contributed by atoms with Crippen LogP contribution in [0.15, 0.2) is 84.4 Å². The first-order valence-electron chi connectivity index (χ1n) is 9.49. The van der Waals surface area contributed by atoms with Crippen LogP contribution in [0.4, 0.5) is 0 Å². The Bertz CT molecular complexity index is 1080. The monoisotopic (exact) mass is 399 g/mol. The van der Waals surface area contributed by atoms with Gasteiger partial charge in [-0.25, -0.2) is 4.98 Å². The molecule has 0 radical (unpaired) electrons. The molecule has 1 amide bonds. The molecule has 0 aliphatic carbocycles. The van der Waals surface area contributed by atoms with Crippen LogP contribution in [0.2, 0.25) is 0 Å². The van der Waals surface area contributed by atoms with Gasteiger partial charge in [-0.3, -0.25) is 9.78 Å². The molecule has 2 heterocycles. The Morgan fingerprint density at radius 2 is 1.69 bits per heavy atom. The number of aromatic nitrogens is 2. The average Bonchev–Trinajstić information content (AvgIpc) is 3.23. The highest BCUT2D eigenvalue weighted by Crippen LogP contribution is 2.23. The zero-order valence-corrected chi connectivity index (χ0v) is 16.9. The molecule has 4 nitrogen and oxygen atoms in total. The maximum Gasteiger partial charge on any atom is 0.226 e. The minimum Gasteiger partial charge on any atom is -0.349 e. The van der Waals surface area contributed by atoms with Crippen LogP contribution in [-0.2, 0) is 11.2 Å². The van der Waals surface area contributed by atoms with Crippen molar-refractivity contribution in [2.75, 3.05) is 0 Å². The van der Waals surface area contributed by atoms with Crippen LogP contribution >= 0.6 is 11.3 Å². The summed E-state index contributed by atoms with van der Waals surface area (Å²) in [5, 5.41) is 5.81. The summed E-state index contributed by atoms with van der Waals surface area (Å²) in [6.45, 7) is 2.00. The fourth-order valence-electron chi connectivity index (χ4n) is 3.13. The number of pyridine rings is 1. The molecular weight excluding hydrogens is 378 g/mol. The number of benzene rings is 2. The highest BCUT2D eigenvalue weighted by atomic mass is 32.1. The number of hydrogen-bond donors (Lipinski definition) is 1. The lowest BCUT2D eigenvalue weighted by Crippen LogP contribution is -2.28. The van der Waals surface area contributed by atoms with E-state index >= 15 is 0 Å². The second kappa shape index (κ2) is 8.80. The molecule has 4 rings (SSSR count). The highest BCUT2D eigenvalue weighted by molar-refractivity contribution is 7.13. The van der Waals surface area contributed by atoms with Crippen molar-refractivity contribution in [3.63, 3.8) is 0 Å². The number of carbonyl (C=O) groups is 1. The summed E-state index contributed by atoms with van der Waals surface area (Å²) in [5.41, 5.74) is 5.02. The van der Waals surface area contributed by atoms with Crippen molar-refractivity contribution in [3.05, 3.63) is 95.6 Å². The lowest BCUT2D eigenvalue weighted by Gasteiger charge is -2.14. The summed E-state index contributed by atoms with van der Waals surface area (Å²) >= 11 is 1.51. The van der Waals surface area contributed by atoms with Crippen LogP contribution in [0.25, 0.3) is 21.8 Å². The molecular formula is C24H21N3OS. The predicted molar refractivity (Wildman–Crippen MR) is 117 cm³/mol. The highest BCUT2D eigenvalue weighted by Gasteiger charge is 2.13. The van der Waals surface area contributed by atoms with E-state index in [4.69, 9.17) is 0 Å². The largest absolute Gasteiger partial charge is 0.349 e. The van der Waals surface area contributed by atoms with Gasteiger partial charge in [-0.15, -0.1) is 11.3 Å². The summed E-state index contributed by atoms with van der Waals surface area (Å²) in [5.74, 6) is -0.0393. The molecule has 4 aromatic rings. The molecule has 1 N–H and O–H groups in total. The molecule has 0 saturated heterocycles. The maximum absolute atomic E-state index is 12.5. The minimum absolute atomic E-state index is 0.0393. The standard InChI is InChI=1S/C24H21N3OS/c1-17(18-10-12-20(13-11-18)19-7-3-2-4-8-19)26-23(28)15-21-16-29-24(27-21)22-9-5-6-14-25-22/h2-14,16-17H,15H2,1H3,(H,26,28)/t17-/m0/s1. The smallest absolute Gasteiger partial charge is 0.226 e. The van der Waals surface area contributed by atoms with Crippen LogP contribution in [0.1, 0.15) is 24.2 Å². The van der Waals surface area contributed by atoms with Gasteiger partial charge >= 0.3 is 0 Å². The van der Waals surface area contributed by atoms with E-state index < -0.39 is 0 Å². The van der Waals surface area contributed by atoms with Gasteiger partial charge in [-0.05, 0) is 35.7 Å². The molecule has 0 aliphatic heterocycles. The first kappa shape index (κ1) is 19.0. The van der Waals surface area contributed by atoms with Gasteiger partial charge in [-0.2, -0.15) is 0 Å². The Labute approximate surface area is 174 Å². The van der Waals surface area contributed by atoms with Gasteiger partial charge in [0, 0.05) is 11.6 Å². The third kappa shape index (κ3) is 4.76. The van der Waals surface area contributed by atoms with Crippen LogP contribution in [0.5, 0.6) is 0 Å². The first-order valence-corrected chi connectivity index (χ1v) is 10.4. The van der Waals surface area contributed by atoms with Crippen molar-refractivity contribution in [1.29, 1.82) is 0 Å². The molecule has 2 aromatic heterocycles. The Hall–Kier alpha value is -3.31. The average molecular weight is 400 g/mol. The predicted octanol–water partition coefficient (Wildman–Crippen LogP) is 5.29. The molecule has 29 heavy (non-hydrogen) atoms. The van der Waals surface area contributed by atoms with E-state index in [0.717, 1.165) is 27.5 Å². The minimum atomic E-state index is -0.0683. The maximum atomic E-state index is 12.5. The second-order valence-corrected chi connectivity index (χ2v) is 7.67. The molecule has 1 atom stereocenters. The zero-order chi connectivity index (χ0) is 20.1. The van der Waals surface area contributed by atoms with Gasteiger partial charge < -0.3 is 5.32 Å².